The van der Waals surface area contributed by atoms with Crippen LogP contribution in [0.3, 0.4) is 0 Å². The van der Waals surface area contributed by atoms with Gasteiger partial charge in [-0.2, -0.15) is 0 Å². The molecular weight excluding hydrogens is 1020 g/mol. The molecule has 83 heavy (non-hydrogen) atoms. The molecule has 0 rings (SSSR count). The normalized spacial score (nSPS) is 13.4. The highest BCUT2D eigenvalue weighted by atomic mass is 16.6. The van der Waals surface area contributed by atoms with Crippen molar-refractivity contribution in [3.8, 4) is 0 Å². The molecule has 0 aromatic rings. The summed E-state index contributed by atoms with van der Waals surface area (Å²) >= 11 is 0. The molecule has 0 fully saturated rings. The average molecular weight is 1140 g/mol. The van der Waals surface area contributed by atoms with Crippen LogP contribution < -0.4 is 0 Å². The smallest absolute Gasteiger partial charge is 0.306 e. The summed E-state index contributed by atoms with van der Waals surface area (Å²) in [7, 11) is 0. The number of hydrogen-bond acceptors (Lipinski definition) is 6. The zero-order valence-corrected chi connectivity index (χ0v) is 52.9. The molecule has 0 radical (unpaired) electrons. The molecule has 1 unspecified atom stereocenters. The molecule has 0 aliphatic rings. The second-order valence-electron chi connectivity index (χ2n) is 20.9. The fraction of sp³-hybridized carbons (Fsp3) is 0.545. The van der Waals surface area contributed by atoms with E-state index in [4.69, 9.17) is 14.2 Å². The summed E-state index contributed by atoms with van der Waals surface area (Å²) < 4.78 is 16.9. The van der Waals surface area contributed by atoms with E-state index >= 15 is 0 Å². The van der Waals surface area contributed by atoms with Crippen molar-refractivity contribution >= 4 is 17.9 Å². The maximum Gasteiger partial charge on any atom is 0.306 e. The van der Waals surface area contributed by atoms with Crippen LogP contribution in [-0.4, -0.2) is 37.2 Å². The highest BCUT2D eigenvalue weighted by Gasteiger charge is 2.19. The van der Waals surface area contributed by atoms with Crippen molar-refractivity contribution in [2.45, 2.75) is 258 Å². The third kappa shape index (κ3) is 66.9. The maximum absolute atomic E-state index is 12.9. The summed E-state index contributed by atoms with van der Waals surface area (Å²) in [6.45, 7) is 6.22. The fourth-order valence-electron chi connectivity index (χ4n) is 8.26. The third-order valence-corrected chi connectivity index (χ3v) is 13.1. The molecule has 0 saturated heterocycles. The molecule has 0 amide bonds. The van der Waals surface area contributed by atoms with Crippen LogP contribution in [0, 0.1) is 0 Å². The van der Waals surface area contributed by atoms with Gasteiger partial charge in [0.2, 0.25) is 0 Å². The Hall–Kier alpha value is -5.75. The number of carbonyl (C=O) groups excluding carboxylic acids is 3. The molecule has 0 aromatic heterocycles. The molecule has 6 heteroatoms. The number of allylic oxidation sites excluding steroid dienone is 32. The Morgan fingerprint density at radius 3 is 0.699 bits per heavy atom. The monoisotopic (exact) mass is 1140 g/mol. The average Bonchev–Trinajstić information content (AvgIpc) is 3.49. The number of hydrogen-bond donors (Lipinski definition) is 0. The third-order valence-electron chi connectivity index (χ3n) is 13.1. The summed E-state index contributed by atoms with van der Waals surface area (Å²) in [6, 6.07) is 0. The van der Waals surface area contributed by atoms with E-state index in [0.717, 1.165) is 173 Å². The molecule has 0 aliphatic heterocycles. The largest absolute Gasteiger partial charge is 0.462 e. The lowest BCUT2D eigenvalue weighted by Gasteiger charge is -2.18. The summed E-state index contributed by atoms with van der Waals surface area (Å²) in [5.74, 6) is -1.00. The Balaban J connectivity index is 4.53. The van der Waals surface area contributed by atoms with E-state index in [1.165, 1.54) is 32.1 Å². The second-order valence-corrected chi connectivity index (χ2v) is 20.9. The molecule has 0 N–H and O–H groups in total. The van der Waals surface area contributed by atoms with Gasteiger partial charge in [-0.25, -0.2) is 0 Å². The molecule has 0 spiro atoms. The Kier molecular flexibility index (Phi) is 64.0. The van der Waals surface area contributed by atoms with E-state index in [9.17, 15) is 14.4 Å². The van der Waals surface area contributed by atoms with Gasteiger partial charge in [0, 0.05) is 19.3 Å². The van der Waals surface area contributed by atoms with Gasteiger partial charge in [0.05, 0.1) is 0 Å². The highest BCUT2D eigenvalue weighted by molar-refractivity contribution is 5.71. The van der Waals surface area contributed by atoms with Crippen molar-refractivity contribution < 1.29 is 28.6 Å². The van der Waals surface area contributed by atoms with E-state index in [2.05, 4.69) is 215 Å². The van der Waals surface area contributed by atoms with Gasteiger partial charge in [-0.3, -0.25) is 14.4 Å². The minimum absolute atomic E-state index is 0.119. The molecule has 6 nitrogen and oxygen atoms in total. The van der Waals surface area contributed by atoms with Gasteiger partial charge in [-0.1, -0.05) is 267 Å². The topological polar surface area (TPSA) is 78.9 Å². The number of esters is 3. The Morgan fingerprint density at radius 1 is 0.241 bits per heavy atom. The standard InChI is InChI=1S/C77H118O6/c1-4-7-10-13-16-19-22-25-28-31-33-35-36-37-38-39-40-42-43-46-49-52-55-58-61-64-67-70-76(79)82-73-74(72-81-75(78)69-66-63-60-57-54-51-48-45-30-27-24-21-18-15-12-9-6-3)83-77(80)71-68-65-62-59-56-53-50-47-44-41-34-32-29-26-23-20-17-14-11-8-5-2/h7-12,16-21,25-30,33-35,37-38,40-42,47-48,50-51,56,59,74H,4-6,13-15,22-24,31-32,36,39,43-46,49,52-55,57-58,60-73H2,1-3H3/b10-7-,11-8-,12-9-,19-16-,20-17-,21-18-,28-25-,29-26-,30-27-,35-33-,38-37-,41-34-,42-40-,50-47-,51-48-,59-56-. The van der Waals surface area contributed by atoms with Crippen molar-refractivity contribution in [1.29, 1.82) is 0 Å². The Bertz CT molecular complexity index is 1990. The highest BCUT2D eigenvalue weighted by Crippen LogP contribution is 2.14. The van der Waals surface area contributed by atoms with Gasteiger partial charge in [0.1, 0.15) is 13.2 Å². The number of ether oxygens (including phenoxy) is 3. The first kappa shape index (κ1) is 77.2. The predicted octanol–water partition coefficient (Wildman–Crippen LogP) is 23.0. The van der Waals surface area contributed by atoms with E-state index in [0.29, 0.717) is 19.3 Å². The maximum atomic E-state index is 12.9. The minimum atomic E-state index is -0.829. The molecule has 0 heterocycles. The zero-order valence-electron chi connectivity index (χ0n) is 52.9. The predicted molar refractivity (Wildman–Crippen MR) is 361 cm³/mol. The van der Waals surface area contributed by atoms with E-state index in [1.807, 2.05) is 0 Å². The first-order valence-electron chi connectivity index (χ1n) is 32.9. The van der Waals surface area contributed by atoms with Crippen LogP contribution in [0.25, 0.3) is 0 Å². The van der Waals surface area contributed by atoms with Crippen molar-refractivity contribution in [2.24, 2.45) is 0 Å². The van der Waals surface area contributed by atoms with Crippen LogP contribution in [0.15, 0.2) is 194 Å². The lowest BCUT2D eigenvalue weighted by Crippen LogP contribution is -2.30. The van der Waals surface area contributed by atoms with Crippen molar-refractivity contribution in [2.75, 3.05) is 13.2 Å². The number of rotatable bonds is 57. The van der Waals surface area contributed by atoms with E-state index in [1.54, 1.807) is 0 Å². The van der Waals surface area contributed by atoms with Crippen LogP contribution in [0.4, 0.5) is 0 Å². The molecule has 1 atom stereocenters. The number of carbonyl (C=O) groups is 3. The Morgan fingerprint density at radius 2 is 0.434 bits per heavy atom. The summed E-state index contributed by atoms with van der Waals surface area (Å²) in [5.41, 5.74) is 0. The Labute approximate surface area is 509 Å². The van der Waals surface area contributed by atoms with E-state index in [-0.39, 0.29) is 37.5 Å². The molecule has 0 saturated carbocycles. The quantitative estimate of drug-likeness (QED) is 0.0261. The van der Waals surface area contributed by atoms with Crippen LogP contribution in [0.1, 0.15) is 252 Å². The minimum Gasteiger partial charge on any atom is -0.462 e. The van der Waals surface area contributed by atoms with Gasteiger partial charge in [-0.05, 0) is 161 Å². The van der Waals surface area contributed by atoms with Gasteiger partial charge >= 0.3 is 17.9 Å². The summed E-state index contributed by atoms with van der Waals surface area (Å²) in [5, 5.41) is 0. The molecular formula is C77H118O6. The molecule has 462 valence electrons. The second kappa shape index (κ2) is 68.7. The first-order chi connectivity index (χ1) is 41.0. The molecule has 0 aromatic carbocycles. The van der Waals surface area contributed by atoms with Crippen molar-refractivity contribution in [3.63, 3.8) is 0 Å². The van der Waals surface area contributed by atoms with Crippen LogP contribution in [0.5, 0.6) is 0 Å². The lowest BCUT2D eigenvalue weighted by atomic mass is 10.1. The van der Waals surface area contributed by atoms with E-state index < -0.39 is 6.10 Å². The number of unbranched alkanes of at least 4 members (excludes halogenated alkanes) is 14. The first-order valence-corrected chi connectivity index (χ1v) is 32.9. The van der Waals surface area contributed by atoms with Gasteiger partial charge in [0.25, 0.3) is 0 Å². The van der Waals surface area contributed by atoms with Crippen molar-refractivity contribution in [1.82, 2.24) is 0 Å². The molecule has 0 aliphatic carbocycles. The zero-order chi connectivity index (χ0) is 59.9. The van der Waals surface area contributed by atoms with Crippen LogP contribution >= 0.6 is 0 Å². The van der Waals surface area contributed by atoms with Crippen LogP contribution in [-0.2, 0) is 28.6 Å². The van der Waals surface area contributed by atoms with Crippen LogP contribution in [0.2, 0.25) is 0 Å². The fourth-order valence-corrected chi connectivity index (χ4v) is 8.26. The lowest BCUT2D eigenvalue weighted by molar-refractivity contribution is -0.167. The van der Waals surface area contributed by atoms with Gasteiger partial charge in [-0.15, -0.1) is 0 Å². The van der Waals surface area contributed by atoms with Crippen molar-refractivity contribution in [3.05, 3.63) is 194 Å². The SMILES string of the molecule is CC/C=C\C/C=C\C/C=C\C/C=C\C/C=C\C/C=C\CCCCCCCCCCC(=O)OCC(COC(=O)CCCCCC/C=C\C/C=C\C/C=C\C/C=C\CC)OC(=O)CCCC/C=C\C/C=C\C/C=C\C/C=C\C/C=C\C/C=C\CC. The van der Waals surface area contributed by atoms with Gasteiger partial charge < -0.3 is 14.2 Å². The molecule has 0 bridgehead atoms. The summed E-state index contributed by atoms with van der Waals surface area (Å²) in [4.78, 5) is 38.4. The summed E-state index contributed by atoms with van der Waals surface area (Å²) in [6.07, 6.45) is 104. The van der Waals surface area contributed by atoms with Gasteiger partial charge in [0.15, 0.2) is 6.10 Å².